The Bertz CT molecular complexity index is 2190. The zero-order valence-corrected chi connectivity index (χ0v) is 24.3. The number of pyridine rings is 2. The largest absolute Gasteiger partial charge is 0.265 e. The topological polar surface area (TPSA) is 25.8 Å². The molecule has 0 saturated carbocycles. The van der Waals surface area contributed by atoms with Crippen molar-refractivity contribution in [2.24, 2.45) is 0 Å². The van der Waals surface area contributed by atoms with Crippen LogP contribution in [0.4, 0.5) is 0 Å². The van der Waals surface area contributed by atoms with Crippen LogP contribution in [0.1, 0.15) is 24.0 Å². The molecule has 0 spiro atoms. The fourth-order valence-electron chi connectivity index (χ4n) is 6.69. The van der Waals surface area contributed by atoms with Crippen LogP contribution in [0, 0.1) is 0 Å². The van der Waals surface area contributed by atoms with Gasteiger partial charge in [-0.15, -0.1) is 0 Å². The van der Waals surface area contributed by atoms with Crippen LogP contribution in [0.3, 0.4) is 0 Å². The van der Waals surface area contributed by atoms with Crippen molar-refractivity contribution in [1.82, 2.24) is 9.97 Å². The summed E-state index contributed by atoms with van der Waals surface area (Å²) in [6.45, 7) is 0. The van der Waals surface area contributed by atoms with Gasteiger partial charge in [-0.3, -0.25) is 9.97 Å². The average molecular weight is 563 g/mol. The summed E-state index contributed by atoms with van der Waals surface area (Å²) in [5, 5.41) is 5.12. The minimum Gasteiger partial charge on any atom is -0.265 e. The molecule has 0 amide bonds. The minimum absolute atomic E-state index is 1.00. The molecule has 0 fully saturated rings. The van der Waals surface area contributed by atoms with Crippen molar-refractivity contribution in [3.05, 3.63) is 169 Å². The van der Waals surface area contributed by atoms with Crippen LogP contribution in [-0.2, 0) is 0 Å². The third-order valence-electron chi connectivity index (χ3n) is 8.74. The van der Waals surface area contributed by atoms with Crippen molar-refractivity contribution in [2.75, 3.05) is 0 Å². The van der Waals surface area contributed by atoms with Crippen molar-refractivity contribution >= 4 is 32.7 Å². The molecule has 0 atom stereocenters. The van der Waals surface area contributed by atoms with Gasteiger partial charge in [0.05, 0.1) is 0 Å². The van der Waals surface area contributed by atoms with Crippen LogP contribution in [0.5, 0.6) is 0 Å². The van der Waals surface area contributed by atoms with E-state index in [2.05, 4.69) is 143 Å². The Labute approximate surface area is 257 Å². The van der Waals surface area contributed by atoms with E-state index in [4.69, 9.17) is 0 Å². The Kier molecular flexibility index (Phi) is 6.66. The number of benzene rings is 5. The second-order valence-corrected chi connectivity index (χ2v) is 11.3. The van der Waals surface area contributed by atoms with Gasteiger partial charge in [-0.05, 0) is 126 Å². The standard InChI is InChI=1S/C42H30N2/c1-2-8-29(9-3-1)34-16-17-39-40(28-34)42(36-13-7-11-33(27-36)31-20-24-44-25-21-31)38-15-5-4-14-37(38)41(39)35-12-6-10-32(26-35)30-18-22-43-23-19-30/h1-5,7-11,13-28H,6,12H2. The van der Waals surface area contributed by atoms with Crippen LogP contribution in [0.2, 0.25) is 0 Å². The highest BCUT2D eigenvalue weighted by Crippen LogP contribution is 2.45. The van der Waals surface area contributed by atoms with Gasteiger partial charge < -0.3 is 0 Å². The van der Waals surface area contributed by atoms with E-state index in [1.54, 1.807) is 0 Å². The molecule has 8 rings (SSSR count). The lowest BCUT2D eigenvalue weighted by Gasteiger charge is -2.22. The highest BCUT2D eigenvalue weighted by molar-refractivity contribution is 6.20. The van der Waals surface area contributed by atoms with Gasteiger partial charge in [0, 0.05) is 24.8 Å². The molecule has 2 heterocycles. The third-order valence-corrected chi connectivity index (χ3v) is 8.74. The molecule has 0 bridgehead atoms. The van der Waals surface area contributed by atoms with Crippen molar-refractivity contribution in [2.45, 2.75) is 12.8 Å². The molecule has 44 heavy (non-hydrogen) atoms. The molecule has 0 N–H and O–H groups in total. The second-order valence-electron chi connectivity index (χ2n) is 11.3. The predicted molar refractivity (Wildman–Crippen MR) is 185 cm³/mol. The Morgan fingerprint density at radius 1 is 0.409 bits per heavy atom. The number of rotatable bonds is 5. The monoisotopic (exact) mass is 562 g/mol. The quantitative estimate of drug-likeness (QED) is 0.195. The summed E-state index contributed by atoms with van der Waals surface area (Å²) in [5.41, 5.74) is 12.5. The minimum atomic E-state index is 1.00. The molecule has 0 radical (unpaired) electrons. The first kappa shape index (κ1) is 26.1. The summed E-state index contributed by atoms with van der Waals surface area (Å²) in [6.07, 6.45) is 14.2. The Balaban J connectivity index is 1.43. The first-order valence-electron chi connectivity index (χ1n) is 15.2. The number of nitrogens with zero attached hydrogens (tertiary/aromatic N) is 2. The summed E-state index contributed by atoms with van der Waals surface area (Å²) < 4.78 is 0. The molecule has 2 nitrogen and oxygen atoms in total. The van der Waals surface area contributed by atoms with Gasteiger partial charge in [0.15, 0.2) is 0 Å². The first-order valence-corrected chi connectivity index (χ1v) is 15.2. The highest BCUT2D eigenvalue weighted by atomic mass is 14.6. The molecule has 0 saturated heterocycles. The lowest BCUT2D eigenvalue weighted by molar-refractivity contribution is 1.06. The molecule has 2 aromatic heterocycles. The van der Waals surface area contributed by atoms with Crippen LogP contribution in [-0.4, -0.2) is 9.97 Å². The zero-order valence-electron chi connectivity index (χ0n) is 24.3. The van der Waals surface area contributed by atoms with Gasteiger partial charge in [-0.25, -0.2) is 0 Å². The van der Waals surface area contributed by atoms with Gasteiger partial charge in [0.1, 0.15) is 0 Å². The molecule has 1 aliphatic rings. The Hall–Kier alpha value is -5.60. The van der Waals surface area contributed by atoms with Crippen molar-refractivity contribution in [3.63, 3.8) is 0 Å². The highest BCUT2D eigenvalue weighted by Gasteiger charge is 2.20. The SMILES string of the molecule is C1=C(c2ccncc2)C=C(c2c3ccccc3c(-c3cccc(-c4ccncc4)c3)c3cc(-c4ccccc4)ccc23)CC1. The number of fused-ring (bicyclic) bond motifs is 2. The van der Waals surface area contributed by atoms with Gasteiger partial charge >= 0.3 is 0 Å². The van der Waals surface area contributed by atoms with E-state index in [1.807, 2.05) is 24.8 Å². The molecule has 7 aromatic rings. The molecule has 0 aliphatic heterocycles. The van der Waals surface area contributed by atoms with Crippen molar-refractivity contribution in [3.8, 4) is 33.4 Å². The first-order chi connectivity index (χ1) is 21.8. The van der Waals surface area contributed by atoms with Gasteiger partial charge in [-0.2, -0.15) is 0 Å². The second kappa shape index (κ2) is 11.2. The van der Waals surface area contributed by atoms with E-state index in [-0.39, 0.29) is 0 Å². The van der Waals surface area contributed by atoms with Crippen LogP contribution in [0.15, 0.2) is 158 Å². The lowest BCUT2D eigenvalue weighted by atomic mass is 9.81. The summed E-state index contributed by atoms with van der Waals surface area (Å²) in [7, 11) is 0. The Morgan fingerprint density at radius 3 is 1.77 bits per heavy atom. The number of hydrogen-bond acceptors (Lipinski definition) is 2. The molecular formula is C42H30N2. The van der Waals surface area contributed by atoms with Gasteiger partial charge in [0.25, 0.3) is 0 Å². The van der Waals surface area contributed by atoms with E-state index in [1.165, 1.54) is 77.2 Å². The Morgan fingerprint density at radius 2 is 1.00 bits per heavy atom. The van der Waals surface area contributed by atoms with E-state index in [9.17, 15) is 0 Å². The van der Waals surface area contributed by atoms with Crippen molar-refractivity contribution < 1.29 is 0 Å². The maximum atomic E-state index is 4.25. The maximum absolute atomic E-state index is 4.25. The van der Waals surface area contributed by atoms with Crippen LogP contribution >= 0.6 is 0 Å². The smallest absolute Gasteiger partial charge is 0.0273 e. The molecule has 0 unspecified atom stereocenters. The van der Waals surface area contributed by atoms with E-state index >= 15 is 0 Å². The normalized spacial score (nSPS) is 13.1. The third kappa shape index (κ3) is 4.71. The predicted octanol–water partition coefficient (Wildman–Crippen LogP) is 11.0. The molecule has 5 aromatic carbocycles. The molecular weight excluding hydrogens is 532 g/mol. The van der Waals surface area contributed by atoms with E-state index in [0.29, 0.717) is 0 Å². The maximum Gasteiger partial charge on any atom is 0.0273 e. The molecule has 1 aliphatic carbocycles. The molecule has 2 heteroatoms. The molecule has 208 valence electrons. The van der Waals surface area contributed by atoms with Crippen molar-refractivity contribution in [1.29, 1.82) is 0 Å². The lowest BCUT2D eigenvalue weighted by Crippen LogP contribution is -1.98. The van der Waals surface area contributed by atoms with Gasteiger partial charge in [0.2, 0.25) is 0 Å². The van der Waals surface area contributed by atoms with E-state index in [0.717, 1.165) is 12.8 Å². The van der Waals surface area contributed by atoms with Crippen LogP contribution < -0.4 is 0 Å². The fraction of sp³-hybridized carbons (Fsp3) is 0.0476. The summed E-state index contributed by atoms with van der Waals surface area (Å²) in [5.74, 6) is 0. The van der Waals surface area contributed by atoms with E-state index < -0.39 is 0 Å². The summed E-state index contributed by atoms with van der Waals surface area (Å²) in [4.78, 5) is 8.48. The summed E-state index contributed by atoms with van der Waals surface area (Å²) in [6, 6.07) is 44.0. The number of aromatic nitrogens is 2. The average Bonchev–Trinajstić information content (AvgIpc) is 3.11. The summed E-state index contributed by atoms with van der Waals surface area (Å²) >= 11 is 0. The number of allylic oxidation sites excluding steroid dienone is 4. The fourth-order valence-corrected chi connectivity index (χ4v) is 6.69. The zero-order chi connectivity index (χ0) is 29.3. The van der Waals surface area contributed by atoms with Crippen LogP contribution in [0.25, 0.3) is 66.1 Å². The van der Waals surface area contributed by atoms with Gasteiger partial charge in [-0.1, -0.05) is 97.1 Å². The number of hydrogen-bond donors (Lipinski definition) is 0.